The van der Waals surface area contributed by atoms with Gasteiger partial charge in [-0.2, -0.15) is 0 Å². The van der Waals surface area contributed by atoms with Crippen LogP contribution in [0.25, 0.3) is 5.65 Å². The predicted molar refractivity (Wildman–Crippen MR) is 91.0 cm³/mol. The number of piperidine rings is 1. The average Bonchev–Trinajstić information content (AvgIpc) is 3.13. The molecule has 4 heterocycles. The first-order chi connectivity index (χ1) is 11.6. The summed E-state index contributed by atoms with van der Waals surface area (Å²) in [5.74, 6) is 1.59. The van der Waals surface area contributed by atoms with Crippen LogP contribution >= 0.6 is 0 Å². The Bertz CT molecular complexity index is 921. The number of hydrogen-bond donors (Lipinski definition) is 1. The summed E-state index contributed by atoms with van der Waals surface area (Å²) in [5, 5.41) is 3.01. The van der Waals surface area contributed by atoms with Gasteiger partial charge in [0.25, 0.3) is 5.56 Å². The van der Waals surface area contributed by atoms with Gasteiger partial charge in [-0.05, 0) is 26.3 Å². The van der Waals surface area contributed by atoms with Crippen LogP contribution in [0.3, 0.4) is 0 Å². The first-order valence-electron chi connectivity index (χ1n) is 8.38. The summed E-state index contributed by atoms with van der Waals surface area (Å²) in [6, 6.07) is 3.53. The molecule has 0 radical (unpaired) electrons. The fraction of sp³-hybridized carbons (Fsp3) is 0.471. The molecule has 1 saturated heterocycles. The Kier molecular flexibility index (Phi) is 3.72. The Morgan fingerprint density at radius 3 is 3.04 bits per heavy atom. The van der Waals surface area contributed by atoms with Gasteiger partial charge >= 0.3 is 0 Å². The van der Waals surface area contributed by atoms with Crippen LogP contribution in [0, 0.1) is 6.92 Å². The van der Waals surface area contributed by atoms with E-state index in [0.29, 0.717) is 18.1 Å². The standard InChI is InChI=1S/C17H22N6O/c1-12-8-15-19-14(9-16(24)23(15)20-12)11-22-6-3-4-13(10-22)17-18-5-7-21(17)2/h5,7-9,13,20H,3-4,6,10-11H2,1-2H3. The zero-order valence-corrected chi connectivity index (χ0v) is 14.1. The second-order valence-electron chi connectivity index (χ2n) is 6.69. The van der Waals surface area contributed by atoms with E-state index in [0.717, 1.165) is 43.1 Å². The molecular weight excluding hydrogens is 304 g/mol. The topological polar surface area (TPSA) is 71.2 Å². The number of imidazole rings is 1. The van der Waals surface area contributed by atoms with E-state index in [4.69, 9.17) is 0 Å². The summed E-state index contributed by atoms with van der Waals surface area (Å²) in [5.41, 5.74) is 2.40. The van der Waals surface area contributed by atoms with Crippen molar-refractivity contribution < 1.29 is 0 Å². The molecule has 0 spiro atoms. The van der Waals surface area contributed by atoms with Gasteiger partial charge in [-0.3, -0.25) is 14.8 Å². The molecule has 7 heteroatoms. The molecular formula is C17H22N6O. The average molecular weight is 326 g/mol. The maximum Gasteiger partial charge on any atom is 0.272 e. The van der Waals surface area contributed by atoms with E-state index >= 15 is 0 Å². The van der Waals surface area contributed by atoms with Crippen molar-refractivity contribution in [2.24, 2.45) is 7.05 Å². The second-order valence-corrected chi connectivity index (χ2v) is 6.69. The van der Waals surface area contributed by atoms with Crippen molar-refractivity contribution in [1.82, 2.24) is 29.0 Å². The number of rotatable bonds is 3. The molecule has 0 bridgehead atoms. The van der Waals surface area contributed by atoms with E-state index in [2.05, 4.69) is 24.5 Å². The van der Waals surface area contributed by atoms with Crippen molar-refractivity contribution in [1.29, 1.82) is 0 Å². The lowest BCUT2D eigenvalue weighted by Gasteiger charge is -2.32. The monoisotopic (exact) mass is 326 g/mol. The molecule has 24 heavy (non-hydrogen) atoms. The summed E-state index contributed by atoms with van der Waals surface area (Å²) in [6.07, 6.45) is 6.16. The molecule has 1 aliphatic rings. The Morgan fingerprint density at radius 2 is 2.25 bits per heavy atom. The van der Waals surface area contributed by atoms with Gasteiger partial charge in [-0.15, -0.1) is 0 Å². The molecule has 0 saturated carbocycles. The number of nitrogens with zero attached hydrogens (tertiary/aromatic N) is 5. The molecule has 1 atom stereocenters. The lowest BCUT2D eigenvalue weighted by molar-refractivity contribution is 0.193. The van der Waals surface area contributed by atoms with Crippen LogP contribution in [0.5, 0.6) is 0 Å². The number of aryl methyl sites for hydroxylation is 2. The maximum absolute atomic E-state index is 12.2. The lowest BCUT2D eigenvalue weighted by Crippen LogP contribution is -2.35. The molecule has 0 aromatic carbocycles. The third kappa shape index (κ3) is 2.75. The van der Waals surface area contributed by atoms with Gasteiger partial charge in [0.05, 0.1) is 5.69 Å². The summed E-state index contributed by atoms with van der Waals surface area (Å²) >= 11 is 0. The third-order valence-electron chi connectivity index (χ3n) is 4.75. The normalized spacial score (nSPS) is 19.2. The molecule has 126 valence electrons. The minimum absolute atomic E-state index is 0.0549. The lowest BCUT2D eigenvalue weighted by atomic mass is 9.97. The largest absolute Gasteiger partial charge is 0.338 e. The maximum atomic E-state index is 12.2. The van der Waals surface area contributed by atoms with Crippen LogP contribution in [-0.2, 0) is 13.6 Å². The van der Waals surface area contributed by atoms with Gasteiger partial charge in [0, 0.05) is 56.3 Å². The van der Waals surface area contributed by atoms with E-state index in [-0.39, 0.29) is 5.56 Å². The van der Waals surface area contributed by atoms with Crippen molar-refractivity contribution in [2.75, 3.05) is 13.1 Å². The predicted octanol–water partition coefficient (Wildman–Crippen LogP) is 1.44. The molecule has 0 amide bonds. The van der Waals surface area contributed by atoms with Gasteiger partial charge in [0.15, 0.2) is 5.65 Å². The zero-order valence-electron chi connectivity index (χ0n) is 14.1. The van der Waals surface area contributed by atoms with Crippen LogP contribution in [0.1, 0.15) is 36.0 Å². The molecule has 1 aliphatic heterocycles. The summed E-state index contributed by atoms with van der Waals surface area (Å²) < 4.78 is 3.60. The van der Waals surface area contributed by atoms with E-state index < -0.39 is 0 Å². The van der Waals surface area contributed by atoms with Crippen molar-refractivity contribution in [2.45, 2.75) is 32.2 Å². The first kappa shape index (κ1) is 15.1. The van der Waals surface area contributed by atoms with Gasteiger partial charge < -0.3 is 4.57 Å². The molecule has 3 aromatic heterocycles. The minimum Gasteiger partial charge on any atom is -0.338 e. The van der Waals surface area contributed by atoms with Gasteiger partial charge in [-0.25, -0.2) is 14.5 Å². The summed E-state index contributed by atoms with van der Waals surface area (Å²) in [7, 11) is 2.05. The SMILES string of the molecule is Cc1cc2nc(CN3CCCC(c4nccn4C)C3)cc(=O)n2[nH]1. The molecule has 4 rings (SSSR count). The molecule has 1 fully saturated rings. The van der Waals surface area contributed by atoms with Crippen molar-refractivity contribution >= 4 is 5.65 Å². The highest BCUT2D eigenvalue weighted by molar-refractivity contribution is 5.39. The van der Waals surface area contributed by atoms with E-state index in [9.17, 15) is 4.79 Å². The molecule has 0 aliphatic carbocycles. The smallest absolute Gasteiger partial charge is 0.272 e. The Balaban J connectivity index is 1.54. The number of hydrogen-bond acceptors (Lipinski definition) is 4. The fourth-order valence-corrected chi connectivity index (χ4v) is 3.65. The van der Waals surface area contributed by atoms with Crippen molar-refractivity contribution in [3.8, 4) is 0 Å². The van der Waals surface area contributed by atoms with Crippen LogP contribution in [0.4, 0.5) is 0 Å². The summed E-state index contributed by atoms with van der Waals surface area (Å²) in [6.45, 7) is 4.62. The zero-order chi connectivity index (χ0) is 16.7. The highest BCUT2D eigenvalue weighted by Gasteiger charge is 2.24. The van der Waals surface area contributed by atoms with Crippen LogP contribution in [0.2, 0.25) is 0 Å². The van der Waals surface area contributed by atoms with Crippen LogP contribution in [0.15, 0.2) is 29.3 Å². The summed E-state index contributed by atoms with van der Waals surface area (Å²) in [4.78, 5) is 23.7. The van der Waals surface area contributed by atoms with E-state index in [1.54, 1.807) is 6.07 Å². The minimum atomic E-state index is -0.0549. The van der Waals surface area contributed by atoms with Crippen LogP contribution in [-0.4, -0.2) is 42.1 Å². The van der Waals surface area contributed by atoms with Crippen molar-refractivity contribution in [3.63, 3.8) is 0 Å². The Labute approximate surface area is 139 Å². The first-order valence-corrected chi connectivity index (χ1v) is 8.38. The fourth-order valence-electron chi connectivity index (χ4n) is 3.65. The highest BCUT2D eigenvalue weighted by atomic mass is 16.1. The number of nitrogens with one attached hydrogen (secondary N) is 1. The number of H-pyrrole nitrogens is 1. The molecule has 7 nitrogen and oxygen atoms in total. The van der Waals surface area contributed by atoms with E-state index in [1.165, 1.54) is 4.52 Å². The third-order valence-corrected chi connectivity index (χ3v) is 4.75. The van der Waals surface area contributed by atoms with Gasteiger partial charge in [0.1, 0.15) is 5.82 Å². The van der Waals surface area contributed by atoms with E-state index in [1.807, 2.05) is 32.4 Å². The number of aromatic nitrogens is 5. The van der Waals surface area contributed by atoms with Gasteiger partial charge in [0.2, 0.25) is 0 Å². The molecule has 3 aromatic rings. The Morgan fingerprint density at radius 1 is 1.38 bits per heavy atom. The highest BCUT2D eigenvalue weighted by Crippen LogP contribution is 2.26. The second kappa shape index (κ2) is 5.90. The number of likely N-dealkylation sites (tertiary alicyclic amines) is 1. The number of fused-ring (bicyclic) bond motifs is 1. The van der Waals surface area contributed by atoms with Crippen molar-refractivity contribution in [3.05, 3.63) is 52.1 Å². The molecule has 1 N–H and O–H groups in total. The Hall–Kier alpha value is -2.41. The van der Waals surface area contributed by atoms with Gasteiger partial charge in [-0.1, -0.05) is 0 Å². The quantitative estimate of drug-likeness (QED) is 0.791. The van der Waals surface area contributed by atoms with Crippen LogP contribution < -0.4 is 5.56 Å². The number of aromatic amines is 1. The molecule has 1 unspecified atom stereocenters.